The molecule has 12 heteroatoms. The highest BCUT2D eigenvalue weighted by atomic mass is 28.4. The van der Waals surface area contributed by atoms with E-state index in [1.807, 2.05) is 12.1 Å². The Labute approximate surface area is 208 Å². The van der Waals surface area contributed by atoms with E-state index in [1.165, 1.54) is 20.8 Å². The molecule has 0 spiro atoms. The summed E-state index contributed by atoms with van der Waals surface area (Å²) in [4.78, 5) is 35.1. The number of pyridine rings is 1. The van der Waals surface area contributed by atoms with E-state index in [0.29, 0.717) is 5.90 Å². The Morgan fingerprint density at radius 1 is 0.971 bits per heavy atom. The van der Waals surface area contributed by atoms with Crippen molar-refractivity contribution in [1.82, 2.24) is 0 Å². The first kappa shape index (κ1) is 28.7. The van der Waals surface area contributed by atoms with Crippen LogP contribution in [0, 0.1) is 0 Å². The molecule has 2 rings (SSSR count). The van der Waals surface area contributed by atoms with Gasteiger partial charge in [0.05, 0.1) is 5.56 Å². The number of ether oxygens (including phenoxy) is 4. The minimum atomic E-state index is -1.97. The average Bonchev–Trinajstić information content (AvgIpc) is 3.00. The summed E-state index contributed by atoms with van der Waals surface area (Å²) in [6, 6.07) is 3.71. The molecular weight excluding hydrogens is 488 g/mol. The van der Waals surface area contributed by atoms with Crippen LogP contribution in [0.5, 0.6) is 0 Å². The summed E-state index contributed by atoms with van der Waals surface area (Å²) in [6.45, 7) is 16.3. The van der Waals surface area contributed by atoms with Gasteiger partial charge >= 0.3 is 24.1 Å². The van der Waals surface area contributed by atoms with Crippen LogP contribution in [0.25, 0.3) is 0 Å². The van der Waals surface area contributed by atoms with Gasteiger partial charge in [-0.1, -0.05) is 0 Å². The molecule has 1 aliphatic heterocycles. The molecule has 4 atom stereocenters. The summed E-state index contributed by atoms with van der Waals surface area (Å²) in [5.74, 6) is -1.08. The van der Waals surface area contributed by atoms with Gasteiger partial charge in [0.1, 0.15) is 12.7 Å². The Kier molecular flexibility index (Phi) is 9.37. The molecule has 1 fully saturated rings. The van der Waals surface area contributed by atoms with Crippen LogP contribution < -0.4 is 4.57 Å². The maximum atomic E-state index is 11.9. The van der Waals surface area contributed by atoms with Gasteiger partial charge in [0, 0.05) is 26.8 Å². The predicted octanol–water partition coefficient (Wildman–Crippen LogP) is 2.73. The summed E-state index contributed by atoms with van der Waals surface area (Å²) >= 11 is 0. The number of hydrogen-bond acceptors (Lipinski definition) is 9. The number of aromatic nitrogens is 1. The van der Waals surface area contributed by atoms with Crippen LogP contribution in [0.15, 0.2) is 29.2 Å². The van der Waals surface area contributed by atoms with Crippen molar-refractivity contribution in [2.45, 2.75) is 84.6 Å². The highest BCUT2D eigenvalue weighted by Crippen LogP contribution is 2.31. The van der Waals surface area contributed by atoms with Gasteiger partial charge in [-0.05, 0) is 45.3 Å². The zero-order valence-corrected chi connectivity index (χ0v) is 24.0. The van der Waals surface area contributed by atoms with Gasteiger partial charge in [0.15, 0.2) is 32.6 Å². The molecule has 1 aromatic rings. The SMILES string of the molecule is CC(=O)OC[C@H]1O[C@@H]([n+]2cccc(C(=N[Si](C)(C)C)O[Si](C)(C)C)c2)[C@@H](OC(C)=O)C1OC(C)=O. The van der Waals surface area contributed by atoms with Gasteiger partial charge in [-0.3, -0.25) is 19.0 Å². The molecule has 0 aromatic carbocycles. The zero-order chi connectivity index (χ0) is 26.6. The van der Waals surface area contributed by atoms with Gasteiger partial charge < -0.3 is 23.4 Å². The first-order valence-corrected chi connectivity index (χ1v) is 18.3. The van der Waals surface area contributed by atoms with E-state index in [0.717, 1.165) is 5.56 Å². The molecule has 1 aliphatic rings. The van der Waals surface area contributed by atoms with E-state index < -0.39 is 59.0 Å². The molecule has 194 valence electrons. The molecule has 0 aliphatic carbocycles. The van der Waals surface area contributed by atoms with Crippen LogP contribution in [0.3, 0.4) is 0 Å². The third-order valence-electron chi connectivity index (χ3n) is 4.54. The first-order valence-electron chi connectivity index (χ1n) is 11.5. The lowest BCUT2D eigenvalue weighted by atomic mass is 10.1. The summed E-state index contributed by atoms with van der Waals surface area (Å²) in [5.41, 5.74) is 0.745. The highest BCUT2D eigenvalue weighted by molar-refractivity contribution is 6.76. The van der Waals surface area contributed by atoms with E-state index >= 15 is 0 Å². The molecule has 1 unspecified atom stereocenters. The molecule has 10 nitrogen and oxygen atoms in total. The van der Waals surface area contributed by atoms with Crippen molar-refractivity contribution >= 4 is 40.4 Å². The second kappa shape index (κ2) is 11.4. The maximum absolute atomic E-state index is 11.9. The van der Waals surface area contributed by atoms with Crippen LogP contribution in [0.4, 0.5) is 0 Å². The third-order valence-corrected chi connectivity index (χ3v) is 6.22. The van der Waals surface area contributed by atoms with Crippen molar-refractivity contribution in [3.63, 3.8) is 0 Å². The number of carbonyl (C=O) groups excluding carboxylic acids is 3. The van der Waals surface area contributed by atoms with Crippen molar-refractivity contribution < 1.29 is 42.3 Å². The molecule has 0 N–H and O–H groups in total. The van der Waals surface area contributed by atoms with Crippen LogP contribution >= 0.6 is 0 Å². The number of hydrogen-bond donors (Lipinski definition) is 0. The third kappa shape index (κ3) is 9.18. The van der Waals surface area contributed by atoms with Gasteiger partial charge in [-0.2, -0.15) is 4.57 Å². The Bertz CT molecular complexity index is 971. The number of rotatable bonds is 8. The molecule has 1 aromatic heterocycles. The largest absolute Gasteiger partial charge is 0.532 e. The van der Waals surface area contributed by atoms with Crippen molar-refractivity contribution in [2.75, 3.05) is 6.61 Å². The predicted molar refractivity (Wildman–Crippen MR) is 133 cm³/mol. The standard InChI is InChI=1S/C23H37N2O8Si2/c1-15(26)29-14-19-20(30-16(2)27)21(31-17(3)28)23(32-19)25-12-10-11-18(13-25)22(24-34(4,5)6)33-35(7,8)9/h10-13,19-21,23H,14H2,1-9H3/q+1/t19-,20?,21+,23-/m1/s1. The average molecular weight is 526 g/mol. The number of carbonyl (C=O) groups is 3. The Hall–Kier alpha value is -2.58. The Balaban J connectivity index is 2.52. The van der Waals surface area contributed by atoms with Gasteiger partial charge in [0.2, 0.25) is 14.4 Å². The summed E-state index contributed by atoms with van der Waals surface area (Å²) in [7, 11) is -3.85. The Morgan fingerprint density at radius 3 is 2.09 bits per heavy atom. The quantitative estimate of drug-likeness (QED) is 0.127. The number of esters is 3. The molecular formula is C23H37N2O8Si2+. The second-order valence-electron chi connectivity index (χ2n) is 10.4. The van der Waals surface area contributed by atoms with Crippen LogP contribution in [-0.4, -0.2) is 65.3 Å². The molecule has 2 heterocycles. The van der Waals surface area contributed by atoms with E-state index in [2.05, 4.69) is 39.3 Å². The fourth-order valence-corrected chi connectivity index (χ4v) is 5.07. The van der Waals surface area contributed by atoms with E-state index in [-0.39, 0.29) is 6.61 Å². The van der Waals surface area contributed by atoms with Gasteiger partial charge in [-0.15, -0.1) is 0 Å². The van der Waals surface area contributed by atoms with Gasteiger partial charge in [0.25, 0.3) is 0 Å². The normalized spacial score (nSPS) is 22.9. The molecule has 0 bridgehead atoms. The molecule has 0 saturated carbocycles. The highest BCUT2D eigenvalue weighted by Gasteiger charge is 2.54. The maximum Gasteiger partial charge on any atom is 0.304 e. The van der Waals surface area contributed by atoms with E-state index in [4.69, 9.17) is 28.0 Å². The smallest absolute Gasteiger partial charge is 0.304 e. The van der Waals surface area contributed by atoms with Crippen molar-refractivity contribution in [2.24, 2.45) is 4.66 Å². The topological polar surface area (TPSA) is 114 Å². The summed E-state index contributed by atoms with van der Waals surface area (Å²) in [6.07, 6.45) is -0.0490. The van der Waals surface area contributed by atoms with Crippen molar-refractivity contribution in [1.29, 1.82) is 0 Å². The van der Waals surface area contributed by atoms with Gasteiger partial charge in [-0.25, -0.2) is 0 Å². The second-order valence-corrected chi connectivity index (χ2v) is 19.4. The van der Waals surface area contributed by atoms with Crippen LogP contribution in [0.2, 0.25) is 39.3 Å². The van der Waals surface area contributed by atoms with Crippen molar-refractivity contribution in [3.8, 4) is 0 Å². The fraction of sp³-hybridized carbons (Fsp3) is 0.609. The molecule has 0 radical (unpaired) electrons. The summed E-state index contributed by atoms with van der Waals surface area (Å²) < 4.78 is 35.2. The lowest BCUT2D eigenvalue weighted by molar-refractivity contribution is -0.765. The molecule has 1 saturated heterocycles. The van der Waals surface area contributed by atoms with Crippen LogP contribution in [0.1, 0.15) is 32.6 Å². The molecule has 35 heavy (non-hydrogen) atoms. The monoisotopic (exact) mass is 525 g/mol. The Morgan fingerprint density at radius 2 is 1.57 bits per heavy atom. The first-order chi connectivity index (χ1) is 16.1. The fourth-order valence-electron chi connectivity index (χ4n) is 3.45. The minimum absolute atomic E-state index is 0.164. The summed E-state index contributed by atoms with van der Waals surface area (Å²) in [5, 5.41) is 0. The minimum Gasteiger partial charge on any atom is -0.532 e. The lowest BCUT2D eigenvalue weighted by Gasteiger charge is -2.23. The van der Waals surface area contributed by atoms with Crippen LogP contribution in [-0.2, 0) is 37.8 Å². The number of nitrogens with zero attached hydrogens (tertiary/aromatic N) is 2. The molecule has 0 amide bonds. The zero-order valence-electron chi connectivity index (χ0n) is 22.0. The van der Waals surface area contributed by atoms with E-state index in [1.54, 1.807) is 17.0 Å². The van der Waals surface area contributed by atoms with Crippen molar-refractivity contribution in [3.05, 3.63) is 30.1 Å². The lowest BCUT2D eigenvalue weighted by Crippen LogP contribution is -2.49. The van der Waals surface area contributed by atoms with E-state index in [9.17, 15) is 14.4 Å².